The van der Waals surface area contributed by atoms with Gasteiger partial charge in [-0.2, -0.15) is 0 Å². The minimum absolute atomic E-state index is 0.650. The molecule has 3 nitrogen and oxygen atoms in total. The summed E-state index contributed by atoms with van der Waals surface area (Å²) >= 11 is 0. The summed E-state index contributed by atoms with van der Waals surface area (Å²) in [4.78, 5) is 4.83. The van der Waals surface area contributed by atoms with Crippen molar-refractivity contribution in [1.29, 1.82) is 0 Å². The smallest absolute Gasteiger partial charge is 0.0118 e. The second-order valence-corrected chi connectivity index (χ2v) is 5.66. The van der Waals surface area contributed by atoms with Crippen LogP contribution in [-0.2, 0) is 0 Å². The van der Waals surface area contributed by atoms with E-state index >= 15 is 0 Å². The molecule has 0 aromatic heterocycles. The first kappa shape index (κ1) is 13.9. The highest BCUT2D eigenvalue weighted by molar-refractivity contribution is 4.81. The number of hydrogen-bond donors (Lipinski definition) is 1. The molecular formula is C13H29N3. The molecule has 96 valence electrons. The molecule has 0 aromatic rings. The average molecular weight is 227 g/mol. The largest absolute Gasteiger partial charge is 0.312 e. The van der Waals surface area contributed by atoms with Gasteiger partial charge in [0.2, 0.25) is 0 Å². The molecule has 2 unspecified atom stereocenters. The van der Waals surface area contributed by atoms with Gasteiger partial charge in [0, 0.05) is 31.7 Å². The lowest BCUT2D eigenvalue weighted by atomic mass is 9.94. The van der Waals surface area contributed by atoms with Crippen LogP contribution in [0.15, 0.2) is 0 Å². The molecule has 0 spiro atoms. The van der Waals surface area contributed by atoms with E-state index in [-0.39, 0.29) is 0 Å². The van der Waals surface area contributed by atoms with Gasteiger partial charge in [-0.1, -0.05) is 6.92 Å². The maximum Gasteiger partial charge on any atom is 0.0118 e. The molecule has 2 atom stereocenters. The molecule has 0 saturated carbocycles. The van der Waals surface area contributed by atoms with E-state index in [4.69, 9.17) is 0 Å². The summed E-state index contributed by atoms with van der Waals surface area (Å²) in [7, 11) is 4.42. The first-order chi connectivity index (χ1) is 7.50. The van der Waals surface area contributed by atoms with Crippen molar-refractivity contribution in [2.75, 3.05) is 40.3 Å². The van der Waals surface area contributed by atoms with Crippen LogP contribution in [0, 0.1) is 5.92 Å². The Bertz CT molecular complexity index is 194. The van der Waals surface area contributed by atoms with Crippen molar-refractivity contribution < 1.29 is 0 Å². The van der Waals surface area contributed by atoms with E-state index in [2.05, 4.69) is 50.0 Å². The van der Waals surface area contributed by atoms with E-state index in [1.165, 1.54) is 19.5 Å². The molecule has 1 heterocycles. The van der Waals surface area contributed by atoms with E-state index in [1.807, 2.05) is 0 Å². The van der Waals surface area contributed by atoms with Crippen molar-refractivity contribution in [1.82, 2.24) is 15.1 Å². The monoisotopic (exact) mass is 227 g/mol. The SMILES string of the molecule is CC1CN(C)CCC1NCCN(C)C(C)C. The van der Waals surface area contributed by atoms with Gasteiger partial charge >= 0.3 is 0 Å². The van der Waals surface area contributed by atoms with Gasteiger partial charge in [0.05, 0.1) is 0 Å². The van der Waals surface area contributed by atoms with E-state index in [1.54, 1.807) is 0 Å². The average Bonchev–Trinajstić information content (AvgIpc) is 2.20. The van der Waals surface area contributed by atoms with E-state index in [0.29, 0.717) is 6.04 Å². The number of rotatable bonds is 5. The Morgan fingerprint density at radius 1 is 1.44 bits per heavy atom. The van der Waals surface area contributed by atoms with E-state index in [0.717, 1.165) is 25.0 Å². The quantitative estimate of drug-likeness (QED) is 0.763. The number of nitrogens with zero attached hydrogens (tertiary/aromatic N) is 2. The molecule has 0 amide bonds. The van der Waals surface area contributed by atoms with Crippen molar-refractivity contribution in [3.8, 4) is 0 Å². The molecule has 1 aliphatic heterocycles. The summed E-state index contributed by atoms with van der Waals surface area (Å²) in [6, 6.07) is 1.37. The number of nitrogens with one attached hydrogen (secondary N) is 1. The van der Waals surface area contributed by atoms with Crippen molar-refractivity contribution >= 4 is 0 Å². The Kier molecular flexibility index (Phi) is 5.73. The van der Waals surface area contributed by atoms with Gasteiger partial charge in [0.15, 0.2) is 0 Å². The lowest BCUT2D eigenvalue weighted by molar-refractivity contribution is 0.169. The molecule has 1 rings (SSSR count). The topological polar surface area (TPSA) is 18.5 Å². The Balaban J connectivity index is 2.17. The van der Waals surface area contributed by atoms with Crippen molar-refractivity contribution in [3.63, 3.8) is 0 Å². The van der Waals surface area contributed by atoms with E-state index in [9.17, 15) is 0 Å². The van der Waals surface area contributed by atoms with Gasteiger partial charge in [-0.25, -0.2) is 0 Å². The second-order valence-electron chi connectivity index (χ2n) is 5.66. The van der Waals surface area contributed by atoms with Crippen LogP contribution in [0.3, 0.4) is 0 Å². The predicted molar refractivity (Wildman–Crippen MR) is 70.8 cm³/mol. The van der Waals surface area contributed by atoms with Crippen LogP contribution in [-0.4, -0.2) is 62.2 Å². The third-order valence-electron chi connectivity index (χ3n) is 3.86. The van der Waals surface area contributed by atoms with Crippen LogP contribution < -0.4 is 5.32 Å². The van der Waals surface area contributed by atoms with Gasteiger partial charge < -0.3 is 15.1 Å². The summed E-state index contributed by atoms with van der Waals surface area (Å²) < 4.78 is 0. The fourth-order valence-corrected chi connectivity index (χ4v) is 2.34. The molecular weight excluding hydrogens is 198 g/mol. The zero-order chi connectivity index (χ0) is 12.1. The van der Waals surface area contributed by atoms with E-state index < -0.39 is 0 Å². The highest BCUT2D eigenvalue weighted by Gasteiger charge is 2.23. The number of hydrogen-bond acceptors (Lipinski definition) is 3. The predicted octanol–water partition coefficient (Wildman–Crippen LogP) is 1.26. The lowest BCUT2D eigenvalue weighted by Gasteiger charge is -2.35. The van der Waals surface area contributed by atoms with Crippen molar-refractivity contribution in [2.24, 2.45) is 5.92 Å². The molecule has 1 N–H and O–H groups in total. The fraction of sp³-hybridized carbons (Fsp3) is 1.00. The van der Waals surface area contributed by atoms with Gasteiger partial charge in [-0.15, -0.1) is 0 Å². The maximum atomic E-state index is 3.71. The first-order valence-corrected chi connectivity index (χ1v) is 6.63. The summed E-state index contributed by atoms with van der Waals surface area (Å²) in [5.41, 5.74) is 0. The minimum Gasteiger partial charge on any atom is -0.312 e. The van der Waals surface area contributed by atoms with Crippen LogP contribution >= 0.6 is 0 Å². The third kappa shape index (κ3) is 4.40. The van der Waals surface area contributed by atoms with Crippen LogP contribution in [0.2, 0.25) is 0 Å². The highest BCUT2D eigenvalue weighted by Crippen LogP contribution is 2.14. The minimum atomic E-state index is 0.650. The maximum absolute atomic E-state index is 3.71. The second kappa shape index (κ2) is 6.58. The lowest BCUT2D eigenvalue weighted by Crippen LogP contribution is -2.48. The molecule has 3 heteroatoms. The zero-order valence-electron chi connectivity index (χ0n) is 11.7. The number of piperidine rings is 1. The van der Waals surface area contributed by atoms with Crippen LogP contribution in [0.5, 0.6) is 0 Å². The molecule has 0 radical (unpaired) electrons. The molecule has 0 aromatic carbocycles. The standard InChI is InChI=1S/C13H29N3/c1-11(2)16(5)9-7-14-13-6-8-15(4)10-12(13)3/h11-14H,6-10H2,1-5H3. The van der Waals surface area contributed by atoms with Crippen LogP contribution in [0.25, 0.3) is 0 Å². The van der Waals surface area contributed by atoms with Crippen LogP contribution in [0.1, 0.15) is 27.2 Å². The Hall–Kier alpha value is -0.120. The van der Waals surface area contributed by atoms with Crippen molar-refractivity contribution in [3.05, 3.63) is 0 Å². The highest BCUT2D eigenvalue weighted by atomic mass is 15.2. The number of likely N-dealkylation sites (N-methyl/N-ethyl adjacent to an activating group) is 1. The number of likely N-dealkylation sites (tertiary alicyclic amines) is 1. The molecule has 1 saturated heterocycles. The summed E-state index contributed by atoms with van der Waals surface area (Å²) in [6.07, 6.45) is 1.29. The molecule has 1 fully saturated rings. The van der Waals surface area contributed by atoms with Gasteiger partial charge in [-0.05, 0) is 46.8 Å². The molecule has 16 heavy (non-hydrogen) atoms. The fourth-order valence-electron chi connectivity index (χ4n) is 2.34. The summed E-state index contributed by atoms with van der Waals surface area (Å²) in [5, 5.41) is 3.71. The molecule has 0 bridgehead atoms. The summed E-state index contributed by atoms with van der Waals surface area (Å²) in [6.45, 7) is 11.6. The summed E-state index contributed by atoms with van der Waals surface area (Å²) in [5.74, 6) is 0.781. The zero-order valence-corrected chi connectivity index (χ0v) is 11.7. The van der Waals surface area contributed by atoms with Crippen molar-refractivity contribution in [2.45, 2.75) is 39.3 Å². The molecule has 1 aliphatic rings. The normalized spacial score (nSPS) is 27.9. The molecule has 0 aliphatic carbocycles. The van der Waals surface area contributed by atoms with Crippen LogP contribution in [0.4, 0.5) is 0 Å². The Morgan fingerprint density at radius 3 is 2.69 bits per heavy atom. The Labute approximate surface area is 101 Å². The van der Waals surface area contributed by atoms with Gasteiger partial charge in [0.25, 0.3) is 0 Å². The third-order valence-corrected chi connectivity index (χ3v) is 3.86. The van der Waals surface area contributed by atoms with Gasteiger partial charge in [0.1, 0.15) is 0 Å². The first-order valence-electron chi connectivity index (χ1n) is 6.63. The van der Waals surface area contributed by atoms with Gasteiger partial charge in [-0.3, -0.25) is 0 Å². The Morgan fingerprint density at radius 2 is 2.12 bits per heavy atom.